The zero-order valence-electron chi connectivity index (χ0n) is 15.8. The molecule has 1 unspecified atom stereocenters. The molecule has 27 heavy (non-hydrogen) atoms. The van der Waals surface area contributed by atoms with Crippen LogP contribution in [0.3, 0.4) is 0 Å². The van der Waals surface area contributed by atoms with Crippen LogP contribution in [-0.4, -0.2) is 34.5 Å². The Kier molecular flexibility index (Phi) is 8.85. The molecule has 1 aliphatic rings. The van der Waals surface area contributed by atoms with Crippen molar-refractivity contribution < 1.29 is 19.0 Å². The number of thioether (sulfide) groups is 1. The van der Waals surface area contributed by atoms with Crippen LogP contribution >= 0.6 is 11.8 Å². The standard InChI is InChI=1S/C21H28FNO3S/c1-3-7-19(27-17-8-5-9-17)23-14-15-12-16(4-2)21(18(22)13-15)26-11-6-10-20(24)25/h3,12-14,17,19H,1,4-11H2,2H3,(H,24,25)/b23-14+. The van der Waals surface area contributed by atoms with Gasteiger partial charge in [-0.25, -0.2) is 4.39 Å². The van der Waals surface area contributed by atoms with Gasteiger partial charge in [0.2, 0.25) is 0 Å². The average Bonchev–Trinajstić information content (AvgIpc) is 2.60. The number of carboxylic acid groups (broad SMARTS) is 1. The van der Waals surface area contributed by atoms with Crippen LogP contribution in [0.1, 0.15) is 56.6 Å². The number of hydrogen-bond acceptors (Lipinski definition) is 4. The molecule has 0 radical (unpaired) electrons. The lowest BCUT2D eigenvalue weighted by atomic mass is 10.00. The molecule has 4 nitrogen and oxygen atoms in total. The highest BCUT2D eigenvalue weighted by Gasteiger charge is 2.21. The molecular formula is C21H28FNO3S. The number of nitrogens with zero attached hydrogens (tertiary/aromatic N) is 1. The average molecular weight is 394 g/mol. The fourth-order valence-electron chi connectivity index (χ4n) is 2.76. The summed E-state index contributed by atoms with van der Waals surface area (Å²) in [6, 6.07) is 3.31. The molecule has 148 valence electrons. The van der Waals surface area contributed by atoms with Crippen LogP contribution in [0.5, 0.6) is 5.75 Å². The lowest BCUT2D eigenvalue weighted by Gasteiger charge is -2.27. The van der Waals surface area contributed by atoms with E-state index in [0.717, 1.165) is 12.0 Å². The first-order chi connectivity index (χ1) is 13.0. The van der Waals surface area contributed by atoms with Gasteiger partial charge >= 0.3 is 5.97 Å². The third kappa shape index (κ3) is 7.01. The van der Waals surface area contributed by atoms with Gasteiger partial charge < -0.3 is 9.84 Å². The SMILES string of the molecule is C=CCC(/N=C/c1cc(F)c(OCCCC(=O)O)c(CC)c1)SC1CCC1. The van der Waals surface area contributed by atoms with Crippen LogP contribution < -0.4 is 4.74 Å². The van der Waals surface area contributed by atoms with Gasteiger partial charge in [0, 0.05) is 17.9 Å². The van der Waals surface area contributed by atoms with E-state index < -0.39 is 11.8 Å². The van der Waals surface area contributed by atoms with E-state index in [1.54, 1.807) is 6.21 Å². The predicted molar refractivity (Wildman–Crippen MR) is 110 cm³/mol. The molecule has 1 N–H and O–H groups in total. The third-order valence-corrected chi connectivity index (χ3v) is 5.95. The number of aliphatic imine (C=N–C) groups is 1. The summed E-state index contributed by atoms with van der Waals surface area (Å²) in [4.78, 5) is 15.2. The van der Waals surface area contributed by atoms with Crippen molar-refractivity contribution >= 4 is 23.9 Å². The highest BCUT2D eigenvalue weighted by atomic mass is 32.2. The van der Waals surface area contributed by atoms with Crippen LogP contribution in [-0.2, 0) is 11.2 Å². The van der Waals surface area contributed by atoms with Crippen molar-refractivity contribution in [3.63, 3.8) is 0 Å². The van der Waals surface area contributed by atoms with Crippen LogP contribution in [0.2, 0.25) is 0 Å². The number of halogens is 1. The molecule has 1 fully saturated rings. The van der Waals surface area contributed by atoms with E-state index in [-0.39, 0.29) is 24.2 Å². The number of aryl methyl sites for hydroxylation is 1. The van der Waals surface area contributed by atoms with Crippen molar-refractivity contribution in [1.82, 2.24) is 0 Å². The number of ether oxygens (including phenoxy) is 1. The maximum Gasteiger partial charge on any atom is 0.303 e. The molecule has 1 aliphatic carbocycles. The Morgan fingerprint density at radius 3 is 2.89 bits per heavy atom. The minimum Gasteiger partial charge on any atom is -0.490 e. The largest absolute Gasteiger partial charge is 0.490 e. The zero-order valence-corrected chi connectivity index (χ0v) is 16.6. The minimum atomic E-state index is -0.879. The predicted octanol–water partition coefficient (Wildman–Crippen LogP) is 5.24. The molecule has 0 amide bonds. The summed E-state index contributed by atoms with van der Waals surface area (Å²) in [5, 5.41) is 9.46. The zero-order chi connectivity index (χ0) is 19.6. The van der Waals surface area contributed by atoms with Gasteiger partial charge in [-0.2, -0.15) is 0 Å². The fraction of sp³-hybridized carbons (Fsp3) is 0.524. The van der Waals surface area contributed by atoms with Crippen molar-refractivity contribution in [3.05, 3.63) is 41.7 Å². The summed E-state index contributed by atoms with van der Waals surface area (Å²) < 4.78 is 20.0. The van der Waals surface area contributed by atoms with Gasteiger partial charge in [0.05, 0.1) is 12.0 Å². The highest BCUT2D eigenvalue weighted by Crippen LogP contribution is 2.35. The topological polar surface area (TPSA) is 58.9 Å². The summed E-state index contributed by atoms with van der Waals surface area (Å²) >= 11 is 1.87. The molecule has 1 aromatic rings. The summed E-state index contributed by atoms with van der Waals surface area (Å²) in [5.41, 5.74) is 1.48. The van der Waals surface area contributed by atoms with E-state index in [2.05, 4.69) is 11.6 Å². The molecule has 6 heteroatoms. The maximum atomic E-state index is 14.5. The summed E-state index contributed by atoms with van der Waals surface area (Å²) in [5.74, 6) is -1.10. The molecule has 1 atom stereocenters. The van der Waals surface area contributed by atoms with Crippen LogP contribution in [0, 0.1) is 5.82 Å². The van der Waals surface area contributed by atoms with Gasteiger partial charge in [0.1, 0.15) is 0 Å². The second kappa shape index (κ2) is 11.1. The monoisotopic (exact) mass is 393 g/mol. The quantitative estimate of drug-likeness (QED) is 0.300. The fourth-order valence-corrected chi connectivity index (χ4v) is 4.19. The van der Waals surface area contributed by atoms with E-state index in [1.165, 1.54) is 25.3 Å². The molecule has 0 bridgehead atoms. The Balaban J connectivity index is 2.04. The van der Waals surface area contributed by atoms with E-state index in [0.29, 0.717) is 23.7 Å². The first kappa shape index (κ1) is 21.5. The second-order valence-corrected chi connectivity index (χ2v) is 8.12. The van der Waals surface area contributed by atoms with Crippen LogP contribution in [0.25, 0.3) is 0 Å². The molecular weight excluding hydrogens is 365 g/mol. The van der Waals surface area contributed by atoms with Crippen molar-refractivity contribution in [2.45, 2.75) is 62.5 Å². The van der Waals surface area contributed by atoms with Crippen molar-refractivity contribution in [2.75, 3.05) is 6.61 Å². The molecule has 0 aliphatic heterocycles. The molecule has 0 heterocycles. The Bertz CT molecular complexity index is 674. The first-order valence-corrected chi connectivity index (χ1v) is 10.4. The van der Waals surface area contributed by atoms with E-state index in [4.69, 9.17) is 9.84 Å². The smallest absolute Gasteiger partial charge is 0.303 e. The summed E-state index contributed by atoms with van der Waals surface area (Å²) in [6.45, 7) is 5.93. The van der Waals surface area contributed by atoms with Gasteiger partial charge in [0.15, 0.2) is 11.6 Å². The number of aliphatic carboxylic acids is 1. The molecule has 0 saturated heterocycles. The number of carbonyl (C=O) groups is 1. The Hall–Kier alpha value is -1.82. The van der Waals surface area contributed by atoms with Gasteiger partial charge in [-0.1, -0.05) is 19.4 Å². The lowest BCUT2D eigenvalue weighted by molar-refractivity contribution is -0.137. The number of rotatable bonds is 12. The number of carboxylic acids is 1. The van der Waals surface area contributed by atoms with Crippen molar-refractivity contribution in [2.24, 2.45) is 4.99 Å². The Labute approximate surface area is 164 Å². The number of benzene rings is 1. The van der Waals surface area contributed by atoms with Gasteiger partial charge in [0.25, 0.3) is 0 Å². The lowest BCUT2D eigenvalue weighted by Crippen LogP contribution is -2.17. The maximum absolute atomic E-state index is 14.5. The van der Waals surface area contributed by atoms with E-state index >= 15 is 0 Å². The van der Waals surface area contributed by atoms with Gasteiger partial charge in [-0.3, -0.25) is 9.79 Å². The molecule has 0 aromatic heterocycles. The molecule has 1 aromatic carbocycles. The van der Waals surface area contributed by atoms with Gasteiger partial charge in [-0.05, 0) is 55.4 Å². The Morgan fingerprint density at radius 2 is 2.30 bits per heavy atom. The normalized spacial score (nSPS) is 15.5. The summed E-state index contributed by atoms with van der Waals surface area (Å²) in [6.07, 6.45) is 9.18. The minimum absolute atomic E-state index is 0.0111. The van der Waals surface area contributed by atoms with Crippen LogP contribution in [0.15, 0.2) is 29.8 Å². The first-order valence-electron chi connectivity index (χ1n) is 9.50. The molecule has 0 spiro atoms. The molecule has 1 saturated carbocycles. The third-order valence-electron chi connectivity index (χ3n) is 4.47. The second-order valence-electron chi connectivity index (χ2n) is 6.64. The van der Waals surface area contributed by atoms with E-state index in [9.17, 15) is 9.18 Å². The van der Waals surface area contributed by atoms with Crippen molar-refractivity contribution in [3.8, 4) is 5.75 Å². The summed E-state index contributed by atoms with van der Waals surface area (Å²) in [7, 11) is 0. The van der Waals surface area contributed by atoms with Gasteiger partial charge in [-0.15, -0.1) is 18.3 Å². The Morgan fingerprint density at radius 1 is 1.52 bits per heavy atom. The van der Waals surface area contributed by atoms with Crippen molar-refractivity contribution in [1.29, 1.82) is 0 Å². The molecule has 2 rings (SSSR count). The highest BCUT2D eigenvalue weighted by molar-refractivity contribution is 8.00. The van der Waals surface area contributed by atoms with Crippen LogP contribution in [0.4, 0.5) is 4.39 Å². The number of hydrogen-bond donors (Lipinski definition) is 1. The van der Waals surface area contributed by atoms with E-state index in [1.807, 2.05) is 30.8 Å².